The number of aromatic nitrogens is 1. The van der Waals surface area contributed by atoms with Crippen molar-refractivity contribution in [3.05, 3.63) is 170 Å². The van der Waals surface area contributed by atoms with Crippen LogP contribution < -0.4 is 25.7 Å². The molecule has 0 aliphatic carbocycles. The second-order valence-corrected chi connectivity index (χ2v) is 16.2. The molecule has 5 aromatic carbocycles. The number of aromatic amines is 1. The Morgan fingerprint density at radius 1 is 0.841 bits per heavy atom. The van der Waals surface area contributed by atoms with Gasteiger partial charge in [-0.25, -0.2) is 9.59 Å². The van der Waals surface area contributed by atoms with Crippen LogP contribution in [0.1, 0.15) is 63.2 Å². The summed E-state index contributed by atoms with van der Waals surface area (Å²) in [7, 11) is 0. The minimum absolute atomic E-state index is 0.00759. The molecule has 3 saturated heterocycles. The highest BCUT2D eigenvalue weighted by Crippen LogP contribution is 2.32. The van der Waals surface area contributed by atoms with Gasteiger partial charge in [0, 0.05) is 31.1 Å². The number of rotatable bonds is 17. The van der Waals surface area contributed by atoms with Gasteiger partial charge in [-0.3, -0.25) is 9.69 Å². The van der Waals surface area contributed by atoms with Crippen molar-refractivity contribution in [2.45, 2.75) is 44.2 Å². The van der Waals surface area contributed by atoms with E-state index < -0.39 is 24.2 Å². The van der Waals surface area contributed by atoms with Crippen molar-refractivity contribution in [1.82, 2.24) is 20.5 Å². The second-order valence-electron chi connectivity index (χ2n) is 15.8. The second kappa shape index (κ2) is 20.2. The highest BCUT2D eigenvalue weighted by Gasteiger charge is 2.37. The summed E-state index contributed by atoms with van der Waals surface area (Å²) in [4.78, 5) is 42.7. The summed E-state index contributed by atoms with van der Waals surface area (Å²) >= 11 is 6.49. The minimum atomic E-state index is -0.899. The normalized spacial score (nSPS) is 17.7. The van der Waals surface area contributed by atoms with Gasteiger partial charge in [0.2, 0.25) is 5.56 Å². The minimum Gasteiger partial charge on any atom is -0.506 e. The number of phenolic OH excluding ortho intramolecular Hbond substituents is 1. The number of pyridine rings is 1. The van der Waals surface area contributed by atoms with Gasteiger partial charge in [-0.1, -0.05) is 78.3 Å². The number of hydrogen-bond donors (Lipinski definition) is 5. The average Bonchev–Trinajstić information content (AvgIpc) is 3.30. The van der Waals surface area contributed by atoms with Crippen LogP contribution in [0.25, 0.3) is 10.9 Å². The van der Waals surface area contributed by atoms with Crippen LogP contribution in [0.15, 0.2) is 126 Å². The molecule has 326 valence electrons. The lowest BCUT2D eigenvalue weighted by atomic mass is 9.86. The van der Waals surface area contributed by atoms with Crippen LogP contribution in [0.4, 0.5) is 4.79 Å². The largest absolute Gasteiger partial charge is 0.506 e. The van der Waals surface area contributed by atoms with Gasteiger partial charge in [0.25, 0.3) is 0 Å². The monoisotopic (exact) mass is 872 g/mol. The third kappa shape index (κ3) is 11.0. The summed E-state index contributed by atoms with van der Waals surface area (Å²) in [6.45, 7) is 3.90. The van der Waals surface area contributed by atoms with Gasteiger partial charge < -0.3 is 44.8 Å². The summed E-state index contributed by atoms with van der Waals surface area (Å²) in [5.41, 5.74) is 4.38. The number of nitrogens with zero attached hydrogens (tertiary/aromatic N) is 1. The first kappa shape index (κ1) is 43.3. The Morgan fingerprint density at radius 3 is 2.38 bits per heavy atom. The summed E-state index contributed by atoms with van der Waals surface area (Å²) in [5.74, 6) is 0.914. The molecule has 0 radical (unpaired) electrons. The number of benzene rings is 5. The molecule has 2 unspecified atom stereocenters. The Kier molecular flexibility index (Phi) is 13.9. The maximum atomic E-state index is 13.2. The molecule has 2 bridgehead atoms. The van der Waals surface area contributed by atoms with E-state index in [1.165, 1.54) is 12.1 Å². The fourth-order valence-corrected chi connectivity index (χ4v) is 8.44. The summed E-state index contributed by atoms with van der Waals surface area (Å²) < 4.78 is 23.3. The number of carbonyl (C=O) groups is 2. The highest BCUT2D eigenvalue weighted by atomic mass is 35.5. The fraction of sp³-hybridized carbons (Fsp3) is 0.286. The number of alkyl carbamates (subject to hydrolysis) is 1. The first-order valence-electron chi connectivity index (χ1n) is 21.0. The lowest BCUT2D eigenvalue weighted by Crippen LogP contribution is -2.52. The zero-order chi connectivity index (χ0) is 43.7. The number of aliphatic hydroxyl groups is 1. The SMILES string of the molecule is O=C(NC(c1ccccc1)c1cccc(OCc2ccc(C(=O)OCCOc3ccc(CNCC(O)c4ccc(O)c5[nH]c(=O)ccc45)cc3Cl)cc2)c1)O[C@H]1CN2CCC1CC2. The summed E-state index contributed by atoms with van der Waals surface area (Å²) in [6, 6.07) is 35.3. The maximum Gasteiger partial charge on any atom is 0.408 e. The average molecular weight is 873 g/mol. The van der Waals surface area contributed by atoms with E-state index in [0.717, 1.165) is 54.7 Å². The van der Waals surface area contributed by atoms with Crippen LogP contribution in [0.3, 0.4) is 0 Å². The van der Waals surface area contributed by atoms with E-state index in [1.807, 2.05) is 72.8 Å². The smallest absolute Gasteiger partial charge is 0.408 e. The van der Waals surface area contributed by atoms with Crippen LogP contribution in [0.2, 0.25) is 5.02 Å². The predicted molar refractivity (Wildman–Crippen MR) is 238 cm³/mol. The number of halogens is 1. The molecule has 3 aliphatic rings. The molecule has 14 heteroatoms. The number of nitrogens with one attached hydrogen (secondary N) is 3. The number of phenols is 1. The van der Waals surface area contributed by atoms with E-state index >= 15 is 0 Å². The van der Waals surface area contributed by atoms with Crippen molar-refractivity contribution in [3.8, 4) is 17.2 Å². The first-order chi connectivity index (χ1) is 30.7. The molecule has 3 aliphatic heterocycles. The summed E-state index contributed by atoms with van der Waals surface area (Å²) in [6.07, 6.45) is 0.690. The number of ether oxygens (including phenoxy) is 4. The number of carbonyl (C=O) groups excluding carboxylic acids is 2. The van der Waals surface area contributed by atoms with Crippen LogP contribution in [0, 0.1) is 5.92 Å². The van der Waals surface area contributed by atoms with Gasteiger partial charge in [-0.2, -0.15) is 0 Å². The standard InChI is InChI=1S/C49H49ClN4O9/c50-40-25-32(27-51-28-42(56)38-14-16-41(55)47-39(38)15-18-45(57)52-47)11-17-43(40)60-23-24-61-48(58)35-12-9-31(10-13-35)30-62-37-8-4-7-36(26-37)46(34-5-2-1-3-6-34)53-49(59)63-44-29-54-21-19-33(44)20-22-54/h1-18,25-26,33,42,44,46,51,55-56H,19-24,27-30H2,(H,52,57)(H,53,59)/t42?,44-,46?/m0/s1. The number of hydrogen-bond acceptors (Lipinski definition) is 11. The number of aliphatic hydroxyl groups excluding tert-OH is 1. The molecule has 6 aromatic rings. The number of fused-ring (bicyclic) bond motifs is 4. The van der Waals surface area contributed by atoms with Crippen LogP contribution in [-0.4, -0.2) is 77.7 Å². The van der Waals surface area contributed by atoms with Gasteiger partial charge in [0.1, 0.15) is 43.2 Å². The molecule has 0 spiro atoms. The van der Waals surface area contributed by atoms with Crippen molar-refractivity contribution >= 4 is 34.6 Å². The van der Waals surface area contributed by atoms with E-state index in [0.29, 0.717) is 45.5 Å². The molecule has 1 aromatic heterocycles. The van der Waals surface area contributed by atoms with E-state index in [-0.39, 0.29) is 49.3 Å². The highest BCUT2D eigenvalue weighted by molar-refractivity contribution is 6.32. The topological polar surface area (TPSA) is 172 Å². The third-order valence-corrected chi connectivity index (χ3v) is 11.8. The van der Waals surface area contributed by atoms with E-state index in [4.69, 9.17) is 30.5 Å². The molecule has 9 rings (SSSR count). The molecule has 13 nitrogen and oxygen atoms in total. The van der Waals surface area contributed by atoms with E-state index in [1.54, 1.807) is 36.4 Å². The predicted octanol–water partition coefficient (Wildman–Crippen LogP) is 7.43. The number of amides is 1. The third-order valence-electron chi connectivity index (χ3n) is 11.5. The molecule has 3 fully saturated rings. The number of piperidine rings is 3. The van der Waals surface area contributed by atoms with Crippen molar-refractivity contribution in [2.75, 3.05) is 39.4 Å². The van der Waals surface area contributed by atoms with Crippen molar-refractivity contribution in [2.24, 2.45) is 5.92 Å². The molecule has 5 N–H and O–H groups in total. The Balaban J connectivity index is 0.773. The molecule has 63 heavy (non-hydrogen) atoms. The van der Waals surface area contributed by atoms with Crippen LogP contribution >= 0.6 is 11.6 Å². The van der Waals surface area contributed by atoms with Gasteiger partial charge in [-0.15, -0.1) is 0 Å². The lowest BCUT2D eigenvalue weighted by molar-refractivity contribution is -0.0336. The van der Waals surface area contributed by atoms with E-state index in [2.05, 4.69) is 20.5 Å². The molecular formula is C49H49ClN4O9. The first-order valence-corrected chi connectivity index (χ1v) is 21.4. The number of H-pyrrole nitrogens is 1. The van der Waals surface area contributed by atoms with Gasteiger partial charge in [0.15, 0.2) is 0 Å². The molecular weight excluding hydrogens is 824 g/mol. The molecule has 4 heterocycles. The van der Waals surface area contributed by atoms with Crippen LogP contribution in [0.5, 0.6) is 17.2 Å². The van der Waals surface area contributed by atoms with Gasteiger partial charge >= 0.3 is 12.1 Å². The summed E-state index contributed by atoms with van der Waals surface area (Å²) in [5, 5.41) is 28.2. The van der Waals surface area contributed by atoms with E-state index in [9.17, 15) is 24.6 Å². The number of aromatic hydroxyl groups is 1. The Hall–Kier alpha value is -6.38. The molecule has 1 amide bonds. The van der Waals surface area contributed by atoms with Crippen molar-refractivity contribution in [1.29, 1.82) is 0 Å². The quantitative estimate of drug-likeness (QED) is 0.0456. The number of esters is 1. The van der Waals surface area contributed by atoms with Crippen LogP contribution in [-0.2, 0) is 22.6 Å². The molecule has 3 atom stereocenters. The van der Waals surface area contributed by atoms with Gasteiger partial charge in [0.05, 0.1) is 28.2 Å². The lowest BCUT2D eigenvalue weighted by Gasteiger charge is -2.43. The molecule has 0 saturated carbocycles. The fourth-order valence-electron chi connectivity index (χ4n) is 8.18. The Labute approximate surface area is 369 Å². The Morgan fingerprint density at radius 2 is 1.62 bits per heavy atom. The Bertz CT molecular complexity index is 2580. The maximum absolute atomic E-state index is 13.2. The van der Waals surface area contributed by atoms with Crippen molar-refractivity contribution in [3.63, 3.8) is 0 Å². The van der Waals surface area contributed by atoms with Crippen molar-refractivity contribution < 1.29 is 38.7 Å². The van der Waals surface area contributed by atoms with Gasteiger partial charge in [-0.05, 0) is 108 Å². The zero-order valence-corrected chi connectivity index (χ0v) is 35.3. The zero-order valence-electron chi connectivity index (χ0n) is 34.5.